The number of carbonyl (C=O) groups excluding carboxylic acids is 1. The van der Waals surface area contributed by atoms with Gasteiger partial charge in [0.1, 0.15) is 0 Å². The van der Waals surface area contributed by atoms with Gasteiger partial charge in [0.2, 0.25) is 0 Å². The normalized spacial score (nSPS) is 16.2. The molecule has 0 unspecified atom stereocenters. The van der Waals surface area contributed by atoms with Crippen molar-refractivity contribution in [3.05, 3.63) is 71.8 Å². The van der Waals surface area contributed by atoms with Crippen molar-refractivity contribution < 1.29 is 4.79 Å². The van der Waals surface area contributed by atoms with E-state index >= 15 is 0 Å². The smallest absolute Gasteiger partial charge is 0.254 e. The largest absolute Gasteiger partial charge is 0.336 e. The predicted molar refractivity (Wildman–Crippen MR) is 99.4 cm³/mol. The van der Waals surface area contributed by atoms with Gasteiger partial charge in [-0.15, -0.1) is 0 Å². The molecule has 1 amide bonds. The van der Waals surface area contributed by atoms with Gasteiger partial charge in [-0.1, -0.05) is 67.6 Å². The molecular weight excluding hydrogens is 296 g/mol. The van der Waals surface area contributed by atoms with E-state index in [-0.39, 0.29) is 5.91 Å². The Morgan fingerprint density at radius 1 is 0.917 bits per heavy atom. The third-order valence-electron chi connectivity index (χ3n) is 4.53. The molecule has 1 aliphatic rings. The molecule has 124 valence electrons. The molecule has 0 atom stereocenters. The van der Waals surface area contributed by atoms with Gasteiger partial charge >= 0.3 is 0 Å². The summed E-state index contributed by atoms with van der Waals surface area (Å²) in [6.45, 7) is 6.72. The Morgan fingerprint density at radius 3 is 2.08 bits per heavy atom. The number of hydrogen-bond acceptors (Lipinski definition) is 2. The average molecular weight is 320 g/mol. The standard InChI is InChI=1S/C21H24N2O/c1-2-22-13-15-23(16-14-22)21(24)20(19-11-7-4-8-12-19)17-18-9-5-3-6-10-18/h3-12,17H,2,13-16H2,1H3/b20-17+. The second kappa shape index (κ2) is 7.93. The van der Waals surface area contributed by atoms with E-state index < -0.39 is 0 Å². The summed E-state index contributed by atoms with van der Waals surface area (Å²) in [6, 6.07) is 20.0. The van der Waals surface area contributed by atoms with E-state index in [1.807, 2.05) is 71.6 Å². The van der Waals surface area contributed by atoms with Crippen LogP contribution in [0.2, 0.25) is 0 Å². The molecule has 1 saturated heterocycles. The molecule has 1 fully saturated rings. The van der Waals surface area contributed by atoms with Crippen LogP contribution < -0.4 is 0 Å². The Morgan fingerprint density at radius 2 is 1.50 bits per heavy atom. The molecule has 0 bridgehead atoms. The Hall–Kier alpha value is -2.39. The summed E-state index contributed by atoms with van der Waals surface area (Å²) in [5.41, 5.74) is 2.80. The van der Waals surface area contributed by atoms with Crippen molar-refractivity contribution in [3.63, 3.8) is 0 Å². The molecule has 3 heteroatoms. The third kappa shape index (κ3) is 3.92. The Kier molecular flexibility index (Phi) is 5.44. The lowest BCUT2D eigenvalue weighted by molar-refractivity contribution is -0.126. The highest BCUT2D eigenvalue weighted by Gasteiger charge is 2.23. The van der Waals surface area contributed by atoms with Gasteiger partial charge in [0, 0.05) is 31.8 Å². The first-order valence-electron chi connectivity index (χ1n) is 8.61. The molecule has 0 saturated carbocycles. The monoisotopic (exact) mass is 320 g/mol. The number of nitrogens with zero attached hydrogens (tertiary/aromatic N) is 2. The SMILES string of the molecule is CCN1CCN(C(=O)/C(=C/c2ccccc2)c2ccccc2)CC1. The second-order valence-electron chi connectivity index (χ2n) is 6.06. The number of hydrogen-bond donors (Lipinski definition) is 0. The molecule has 0 aliphatic carbocycles. The van der Waals surface area contributed by atoms with Crippen LogP contribution in [-0.4, -0.2) is 48.4 Å². The van der Waals surface area contributed by atoms with Crippen molar-refractivity contribution in [2.45, 2.75) is 6.92 Å². The van der Waals surface area contributed by atoms with Crippen LogP contribution in [0.1, 0.15) is 18.1 Å². The number of rotatable bonds is 4. The van der Waals surface area contributed by atoms with Crippen LogP contribution in [0.3, 0.4) is 0 Å². The minimum absolute atomic E-state index is 0.126. The fourth-order valence-corrected chi connectivity index (χ4v) is 3.04. The van der Waals surface area contributed by atoms with E-state index in [4.69, 9.17) is 0 Å². The van der Waals surface area contributed by atoms with Crippen LogP contribution in [0.5, 0.6) is 0 Å². The van der Waals surface area contributed by atoms with Crippen LogP contribution >= 0.6 is 0 Å². The fraction of sp³-hybridized carbons (Fsp3) is 0.286. The molecule has 3 nitrogen and oxygen atoms in total. The Bertz CT molecular complexity index is 686. The van der Waals surface area contributed by atoms with E-state index in [0.29, 0.717) is 0 Å². The molecule has 0 radical (unpaired) electrons. The van der Waals surface area contributed by atoms with Crippen LogP contribution in [-0.2, 0) is 4.79 Å². The van der Waals surface area contributed by atoms with Gasteiger partial charge in [-0.25, -0.2) is 0 Å². The first-order valence-corrected chi connectivity index (χ1v) is 8.61. The van der Waals surface area contributed by atoms with Crippen LogP contribution in [0, 0.1) is 0 Å². The van der Waals surface area contributed by atoms with Gasteiger partial charge in [-0.05, 0) is 23.7 Å². The number of likely N-dealkylation sites (N-methyl/N-ethyl adjacent to an activating group) is 1. The molecule has 0 aromatic heterocycles. The lowest BCUT2D eigenvalue weighted by Crippen LogP contribution is -2.48. The van der Waals surface area contributed by atoms with Crippen LogP contribution in [0.25, 0.3) is 11.6 Å². The first kappa shape index (κ1) is 16.5. The Labute approximate surface area is 144 Å². The summed E-state index contributed by atoms with van der Waals surface area (Å²) in [7, 11) is 0. The van der Waals surface area contributed by atoms with Crippen molar-refractivity contribution in [1.82, 2.24) is 9.80 Å². The van der Waals surface area contributed by atoms with E-state index in [1.54, 1.807) is 0 Å². The van der Waals surface area contributed by atoms with Gasteiger partial charge < -0.3 is 9.80 Å². The van der Waals surface area contributed by atoms with Crippen molar-refractivity contribution in [1.29, 1.82) is 0 Å². The first-order chi connectivity index (χ1) is 11.8. The lowest BCUT2D eigenvalue weighted by atomic mass is 10.0. The minimum Gasteiger partial charge on any atom is -0.336 e. The number of amides is 1. The molecule has 0 N–H and O–H groups in total. The van der Waals surface area contributed by atoms with Gasteiger partial charge in [0.25, 0.3) is 5.91 Å². The summed E-state index contributed by atoms with van der Waals surface area (Å²) in [5, 5.41) is 0. The molecule has 24 heavy (non-hydrogen) atoms. The van der Waals surface area contributed by atoms with Crippen LogP contribution in [0.4, 0.5) is 0 Å². The highest BCUT2D eigenvalue weighted by molar-refractivity contribution is 6.24. The van der Waals surface area contributed by atoms with E-state index in [1.165, 1.54) is 0 Å². The maximum atomic E-state index is 13.1. The number of piperazine rings is 1. The number of carbonyl (C=O) groups is 1. The summed E-state index contributed by atoms with van der Waals surface area (Å²) < 4.78 is 0. The van der Waals surface area contributed by atoms with Gasteiger partial charge in [-0.3, -0.25) is 4.79 Å². The van der Waals surface area contributed by atoms with Crippen molar-refractivity contribution >= 4 is 17.6 Å². The van der Waals surface area contributed by atoms with Crippen molar-refractivity contribution in [2.24, 2.45) is 0 Å². The molecule has 0 spiro atoms. The third-order valence-corrected chi connectivity index (χ3v) is 4.53. The molecule has 1 heterocycles. The zero-order chi connectivity index (χ0) is 16.8. The molecule has 3 rings (SSSR count). The minimum atomic E-state index is 0.126. The lowest BCUT2D eigenvalue weighted by Gasteiger charge is -2.34. The highest BCUT2D eigenvalue weighted by Crippen LogP contribution is 2.21. The van der Waals surface area contributed by atoms with Gasteiger partial charge in [0.05, 0.1) is 0 Å². The van der Waals surface area contributed by atoms with E-state index in [9.17, 15) is 4.79 Å². The summed E-state index contributed by atoms with van der Waals surface area (Å²) >= 11 is 0. The molecule has 2 aromatic rings. The van der Waals surface area contributed by atoms with Crippen LogP contribution in [0.15, 0.2) is 60.7 Å². The quantitative estimate of drug-likeness (QED) is 0.637. The zero-order valence-electron chi connectivity index (χ0n) is 14.2. The Balaban J connectivity index is 1.88. The van der Waals surface area contributed by atoms with Gasteiger partial charge in [-0.2, -0.15) is 0 Å². The second-order valence-corrected chi connectivity index (χ2v) is 6.06. The maximum Gasteiger partial charge on any atom is 0.254 e. The highest BCUT2D eigenvalue weighted by atomic mass is 16.2. The van der Waals surface area contributed by atoms with Crippen molar-refractivity contribution in [2.75, 3.05) is 32.7 Å². The summed E-state index contributed by atoms with van der Waals surface area (Å²) in [5.74, 6) is 0.126. The molecule has 2 aromatic carbocycles. The fourth-order valence-electron chi connectivity index (χ4n) is 3.04. The number of benzene rings is 2. The molecule has 1 aliphatic heterocycles. The maximum absolute atomic E-state index is 13.1. The van der Waals surface area contributed by atoms with E-state index in [2.05, 4.69) is 11.8 Å². The summed E-state index contributed by atoms with van der Waals surface area (Å²) in [6.07, 6.45) is 2.00. The molecular formula is C21H24N2O. The summed E-state index contributed by atoms with van der Waals surface area (Å²) in [4.78, 5) is 17.5. The topological polar surface area (TPSA) is 23.6 Å². The average Bonchev–Trinajstić information content (AvgIpc) is 2.67. The van der Waals surface area contributed by atoms with Crippen molar-refractivity contribution in [3.8, 4) is 0 Å². The zero-order valence-corrected chi connectivity index (χ0v) is 14.2. The predicted octanol–water partition coefficient (Wildman–Crippen LogP) is 3.39. The van der Waals surface area contributed by atoms with E-state index in [0.717, 1.165) is 49.4 Å². The van der Waals surface area contributed by atoms with Gasteiger partial charge in [0.15, 0.2) is 0 Å².